The Bertz CT molecular complexity index is 2090. The van der Waals surface area contributed by atoms with E-state index in [-0.39, 0.29) is 5.82 Å². The van der Waals surface area contributed by atoms with E-state index in [0.29, 0.717) is 5.82 Å². The third-order valence-electron chi connectivity index (χ3n) is 7.28. The lowest BCUT2D eigenvalue weighted by Gasteiger charge is -2.20. The smallest absolute Gasteiger partial charge is 0.159 e. The van der Waals surface area contributed by atoms with E-state index in [1.807, 2.05) is 48.4 Å². The van der Waals surface area contributed by atoms with Crippen molar-refractivity contribution in [2.75, 3.05) is 0 Å². The summed E-state index contributed by atoms with van der Waals surface area (Å²) < 4.78 is 14.2. The van der Waals surface area contributed by atoms with Gasteiger partial charge < -0.3 is 0 Å². The average Bonchev–Trinajstić information content (AvgIpc) is 2.99. The number of rotatable bonds is 2. The zero-order valence-corrected chi connectivity index (χ0v) is 22.2. The summed E-state index contributed by atoms with van der Waals surface area (Å²) in [5.74, 6) is 0.437. The highest BCUT2D eigenvalue weighted by Gasteiger charge is 2.20. The lowest BCUT2D eigenvalue weighted by atomic mass is 9.93. The molecule has 0 saturated heterocycles. The normalized spacial score (nSPS) is 12.5. The van der Waals surface area contributed by atoms with Gasteiger partial charge in [-0.25, -0.2) is 14.4 Å². The standard InChI is InChI=1S/C34H19FN2S2/c35-22-13-15-26-24-6-1-2-7-25(24)28-16-20(12-14-27(28)29(26)17-22)34-36-18-21(19-37-34)23-8-5-11-32-33(23)39-31-10-4-3-9-30(31)38-32/h1-19H. The molecule has 0 saturated carbocycles. The third-order valence-corrected chi connectivity index (χ3v) is 9.89. The van der Waals surface area contributed by atoms with Gasteiger partial charge in [-0.15, -0.1) is 0 Å². The molecule has 39 heavy (non-hydrogen) atoms. The molecule has 0 bridgehead atoms. The highest BCUT2D eigenvalue weighted by Crippen LogP contribution is 2.51. The van der Waals surface area contributed by atoms with Gasteiger partial charge in [0.25, 0.3) is 0 Å². The summed E-state index contributed by atoms with van der Waals surface area (Å²) in [4.78, 5) is 14.7. The van der Waals surface area contributed by atoms with Crippen molar-refractivity contribution >= 4 is 55.8 Å². The van der Waals surface area contributed by atoms with Gasteiger partial charge in [0, 0.05) is 43.1 Å². The summed E-state index contributed by atoms with van der Waals surface area (Å²) in [7, 11) is 0. The van der Waals surface area contributed by atoms with E-state index in [1.165, 1.54) is 25.6 Å². The molecule has 2 nitrogen and oxygen atoms in total. The molecule has 0 spiro atoms. The maximum Gasteiger partial charge on any atom is 0.159 e. The summed E-state index contributed by atoms with van der Waals surface area (Å²) in [6.45, 7) is 0. The van der Waals surface area contributed by atoms with Crippen molar-refractivity contribution in [3.05, 3.63) is 121 Å². The van der Waals surface area contributed by atoms with E-state index in [0.717, 1.165) is 49.0 Å². The summed E-state index contributed by atoms with van der Waals surface area (Å²) >= 11 is 3.62. The molecule has 184 valence electrons. The second-order valence-electron chi connectivity index (χ2n) is 9.57. The van der Waals surface area contributed by atoms with Crippen LogP contribution in [0.1, 0.15) is 0 Å². The second kappa shape index (κ2) is 8.94. The van der Waals surface area contributed by atoms with Gasteiger partial charge in [-0.3, -0.25) is 0 Å². The molecular formula is C34H19FN2S2. The highest BCUT2D eigenvalue weighted by atomic mass is 32.2. The lowest BCUT2D eigenvalue weighted by molar-refractivity contribution is 0.630. The lowest BCUT2D eigenvalue weighted by Crippen LogP contribution is -1.95. The van der Waals surface area contributed by atoms with E-state index >= 15 is 0 Å². The molecule has 5 heteroatoms. The second-order valence-corrected chi connectivity index (χ2v) is 11.7. The van der Waals surface area contributed by atoms with Gasteiger partial charge >= 0.3 is 0 Å². The maximum absolute atomic E-state index is 14.2. The largest absolute Gasteiger partial charge is 0.236 e. The minimum Gasteiger partial charge on any atom is -0.236 e. The fourth-order valence-electron chi connectivity index (χ4n) is 5.46. The Balaban J connectivity index is 1.23. The monoisotopic (exact) mass is 538 g/mol. The Labute approximate surface area is 232 Å². The van der Waals surface area contributed by atoms with Crippen LogP contribution in [0.25, 0.3) is 54.8 Å². The number of aromatic nitrogens is 2. The van der Waals surface area contributed by atoms with Crippen LogP contribution in [0.4, 0.5) is 4.39 Å². The van der Waals surface area contributed by atoms with Gasteiger partial charge in [0.1, 0.15) is 5.82 Å². The number of fused-ring (bicyclic) bond motifs is 8. The van der Waals surface area contributed by atoms with Gasteiger partial charge in [-0.2, -0.15) is 0 Å². The predicted octanol–water partition coefficient (Wildman–Crippen LogP) is 10.0. The van der Waals surface area contributed by atoms with Crippen LogP contribution in [0.2, 0.25) is 0 Å². The first-order valence-electron chi connectivity index (χ1n) is 12.7. The van der Waals surface area contributed by atoms with Crippen LogP contribution in [-0.2, 0) is 0 Å². The van der Waals surface area contributed by atoms with Crippen molar-refractivity contribution in [1.82, 2.24) is 9.97 Å². The molecule has 0 amide bonds. The first kappa shape index (κ1) is 22.8. The van der Waals surface area contributed by atoms with Crippen molar-refractivity contribution in [3.8, 4) is 22.5 Å². The van der Waals surface area contributed by atoms with Crippen LogP contribution in [0, 0.1) is 5.82 Å². The third kappa shape index (κ3) is 3.73. The fourth-order valence-corrected chi connectivity index (χ4v) is 7.86. The number of hydrogen-bond donors (Lipinski definition) is 0. The molecule has 2 heterocycles. The molecular weight excluding hydrogens is 520 g/mol. The maximum atomic E-state index is 14.2. The van der Waals surface area contributed by atoms with Crippen molar-refractivity contribution in [2.45, 2.75) is 19.6 Å². The van der Waals surface area contributed by atoms with Crippen LogP contribution in [-0.4, -0.2) is 9.97 Å². The van der Waals surface area contributed by atoms with Crippen LogP contribution in [0.15, 0.2) is 135 Å². The molecule has 0 aliphatic carbocycles. The Hall–Kier alpha value is -4.19. The average molecular weight is 539 g/mol. The molecule has 1 aliphatic rings. The van der Waals surface area contributed by atoms with Crippen molar-refractivity contribution in [2.24, 2.45) is 0 Å². The van der Waals surface area contributed by atoms with Crippen molar-refractivity contribution in [3.63, 3.8) is 0 Å². The van der Waals surface area contributed by atoms with Gasteiger partial charge in [0.15, 0.2) is 5.82 Å². The van der Waals surface area contributed by atoms with E-state index < -0.39 is 0 Å². The zero-order chi connectivity index (χ0) is 25.9. The molecule has 1 aliphatic heterocycles. The SMILES string of the molecule is Fc1ccc2c3ccccc3c3cc(-c4ncc(-c5cccc6c5Sc5ccccc5S6)cn4)ccc3c2c1. The molecule has 6 aromatic carbocycles. The van der Waals surface area contributed by atoms with E-state index in [1.54, 1.807) is 17.8 Å². The van der Waals surface area contributed by atoms with Crippen molar-refractivity contribution < 1.29 is 4.39 Å². The fraction of sp³-hybridized carbons (Fsp3) is 0. The van der Waals surface area contributed by atoms with Gasteiger partial charge in [0.05, 0.1) is 0 Å². The highest BCUT2D eigenvalue weighted by molar-refractivity contribution is 8.05. The minimum absolute atomic E-state index is 0.231. The molecule has 0 atom stereocenters. The van der Waals surface area contributed by atoms with E-state index in [2.05, 4.69) is 66.7 Å². The summed E-state index contributed by atoms with van der Waals surface area (Å²) in [5.41, 5.74) is 3.07. The Kier molecular flexibility index (Phi) is 5.22. The summed E-state index contributed by atoms with van der Waals surface area (Å²) in [6.07, 6.45) is 3.84. The quantitative estimate of drug-likeness (QED) is 0.205. The minimum atomic E-state index is -0.231. The van der Waals surface area contributed by atoms with Gasteiger partial charge in [0.2, 0.25) is 0 Å². The van der Waals surface area contributed by atoms with E-state index in [9.17, 15) is 4.39 Å². The van der Waals surface area contributed by atoms with Gasteiger partial charge in [-0.1, -0.05) is 90.3 Å². The first-order chi connectivity index (χ1) is 19.2. The van der Waals surface area contributed by atoms with Crippen LogP contribution >= 0.6 is 23.5 Å². The molecule has 0 N–H and O–H groups in total. The number of hydrogen-bond acceptors (Lipinski definition) is 4. The number of nitrogens with zero attached hydrogens (tertiary/aromatic N) is 2. The Morgan fingerprint density at radius 2 is 1.10 bits per heavy atom. The van der Waals surface area contributed by atoms with Gasteiger partial charge in [-0.05, 0) is 74.3 Å². The predicted molar refractivity (Wildman–Crippen MR) is 160 cm³/mol. The number of benzene rings is 6. The zero-order valence-electron chi connectivity index (χ0n) is 20.6. The molecule has 0 unspecified atom stereocenters. The molecule has 0 radical (unpaired) electrons. The number of halogens is 1. The van der Waals surface area contributed by atoms with Crippen LogP contribution in [0.5, 0.6) is 0 Å². The summed E-state index contributed by atoms with van der Waals surface area (Å²) in [6, 6.07) is 34.5. The van der Waals surface area contributed by atoms with Crippen molar-refractivity contribution in [1.29, 1.82) is 0 Å². The molecule has 1 aromatic heterocycles. The molecule has 7 aromatic rings. The summed E-state index contributed by atoms with van der Waals surface area (Å²) in [5, 5.41) is 6.30. The van der Waals surface area contributed by atoms with Crippen LogP contribution < -0.4 is 0 Å². The Morgan fingerprint density at radius 3 is 1.92 bits per heavy atom. The Morgan fingerprint density at radius 1 is 0.487 bits per heavy atom. The van der Waals surface area contributed by atoms with E-state index in [4.69, 9.17) is 9.97 Å². The first-order valence-corrected chi connectivity index (χ1v) is 14.3. The van der Waals surface area contributed by atoms with Crippen LogP contribution in [0.3, 0.4) is 0 Å². The molecule has 8 rings (SSSR count). The molecule has 0 fully saturated rings. The topological polar surface area (TPSA) is 25.8 Å².